The Labute approximate surface area is 90.5 Å². The minimum absolute atomic E-state index is 0.0566. The van der Waals surface area contributed by atoms with Gasteiger partial charge in [0.05, 0.1) is 7.11 Å². The molecule has 1 atom stereocenters. The lowest BCUT2D eigenvalue weighted by Gasteiger charge is -2.34. The fraction of sp³-hybridized carbons (Fsp3) is 0.667. The molecule has 0 spiro atoms. The van der Waals surface area contributed by atoms with Gasteiger partial charge in [-0.05, 0) is 23.8 Å². The van der Waals surface area contributed by atoms with Gasteiger partial charge in [0.2, 0.25) is 0 Å². The molecule has 0 saturated heterocycles. The smallest absolute Gasteiger partial charge is 0.305 e. The van der Waals surface area contributed by atoms with Crippen LogP contribution in [0.4, 0.5) is 0 Å². The van der Waals surface area contributed by atoms with Crippen LogP contribution in [0.1, 0.15) is 33.6 Å². The maximum absolute atomic E-state index is 11.5. The van der Waals surface area contributed by atoms with Crippen LogP contribution in [0.25, 0.3) is 0 Å². The topological polar surface area (TPSA) is 43.4 Å². The second-order valence-corrected chi connectivity index (χ2v) is 4.75. The van der Waals surface area contributed by atoms with E-state index in [9.17, 15) is 9.59 Å². The van der Waals surface area contributed by atoms with Crippen molar-refractivity contribution in [1.82, 2.24) is 0 Å². The first kappa shape index (κ1) is 12.0. The molecule has 84 valence electrons. The molecule has 0 radical (unpaired) electrons. The minimum Gasteiger partial charge on any atom is -0.469 e. The summed E-state index contributed by atoms with van der Waals surface area (Å²) >= 11 is 0. The number of ketones is 1. The molecule has 0 aromatic heterocycles. The average Bonchev–Trinajstić information content (AvgIpc) is 2.13. The van der Waals surface area contributed by atoms with Crippen molar-refractivity contribution in [1.29, 1.82) is 0 Å². The third-order valence-electron chi connectivity index (χ3n) is 3.15. The van der Waals surface area contributed by atoms with E-state index in [0.29, 0.717) is 12.8 Å². The van der Waals surface area contributed by atoms with Crippen LogP contribution in [0.3, 0.4) is 0 Å². The lowest BCUT2D eigenvalue weighted by Crippen LogP contribution is -2.32. The predicted octanol–water partition coefficient (Wildman–Crippen LogP) is 2.11. The van der Waals surface area contributed by atoms with Gasteiger partial charge in [-0.2, -0.15) is 0 Å². The van der Waals surface area contributed by atoms with Gasteiger partial charge in [-0.25, -0.2) is 0 Å². The van der Waals surface area contributed by atoms with Gasteiger partial charge in [-0.3, -0.25) is 9.59 Å². The van der Waals surface area contributed by atoms with Gasteiger partial charge in [0.1, 0.15) is 0 Å². The Hall–Kier alpha value is -1.12. The molecular formula is C12H18O3. The van der Waals surface area contributed by atoms with E-state index < -0.39 is 0 Å². The molecule has 0 fully saturated rings. The van der Waals surface area contributed by atoms with Crippen molar-refractivity contribution in [2.75, 3.05) is 7.11 Å². The van der Waals surface area contributed by atoms with Gasteiger partial charge in [0.25, 0.3) is 0 Å². The number of ether oxygens (including phenoxy) is 1. The molecule has 0 heterocycles. The molecule has 0 N–H and O–H groups in total. The van der Waals surface area contributed by atoms with E-state index in [1.807, 2.05) is 13.0 Å². The van der Waals surface area contributed by atoms with Crippen LogP contribution < -0.4 is 0 Å². The van der Waals surface area contributed by atoms with Crippen LogP contribution in [-0.2, 0) is 14.3 Å². The summed E-state index contributed by atoms with van der Waals surface area (Å²) in [6.07, 6.45) is 2.73. The van der Waals surface area contributed by atoms with Crippen molar-refractivity contribution < 1.29 is 14.3 Å². The SMILES string of the molecule is COC(=O)C[C@@H]1CC(=O)C(C)=CC1(C)C. The van der Waals surface area contributed by atoms with Crippen molar-refractivity contribution >= 4 is 11.8 Å². The molecule has 1 rings (SSSR count). The highest BCUT2D eigenvalue weighted by molar-refractivity contribution is 5.96. The third-order valence-corrected chi connectivity index (χ3v) is 3.15. The summed E-state index contributed by atoms with van der Waals surface area (Å²) < 4.78 is 4.64. The zero-order valence-corrected chi connectivity index (χ0v) is 9.79. The first-order valence-corrected chi connectivity index (χ1v) is 5.16. The van der Waals surface area contributed by atoms with Crippen LogP contribution in [0.2, 0.25) is 0 Å². The van der Waals surface area contributed by atoms with Crippen LogP contribution >= 0.6 is 0 Å². The number of allylic oxidation sites excluding steroid dienone is 2. The molecule has 3 nitrogen and oxygen atoms in total. The van der Waals surface area contributed by atoms with Gasteiger partial charge < -0.3 is 4.74 Å². The largest absolute Gasteiger partial charge is 0.469 e. The molecule has 0 aromatic rings. The average molecular weight is 210 g/mol. The van der Waals surface area contributed by atoms with E-state index in [-0.39, 0.29) is 23.1 Å². The molecule has 0 aromatic carbocycles. The van der Waals surface area contributed by atoms with Crippen molar-refractivity contribution in [3.8, 4) is 0 Å². The lowest BCUT2D eigenvalue weighted by molar-refractivity contribution is -0.142. The summed E-state index contributed by atoms with van der Waals surface area (Å²) in [5.74, 6) is -0.0433. The Balaban J connectivity index is 2.83. The van der Waals surface area contributed by atoms with Gasteiger partial charge in [-0.1, -0.05) is 19.9 Å². The predicted molar refractivity (Wildman–Crippen MR) is 57.3 cm³/mol. The van der Waals surface area contributed by atoms with Gasteiger partial charge >= 0.3 is 5.97 Å². The summed E-state index contributed by atoms with van der Waals surface area (Å²) in [5, 5.41) is 0. The van der Waals surface area contributed by atoms with Crippen molar-refractivity contribution in [3.63, 3.8) is 0 Å². The number of Topliss-reactive ketones (excluding diaryl/α,β-unsaturated/α-hetero) is 1. The van der Waals surface area contributed by atoms with Crippen LogP contribution in [0, 0.1) is 11.3 Å². The monoisotopic (exact) mass is 210 g/mol. The highest BCUT2D eigenvalue weighted by atomic mass is 16.5. The number of esters is 1. The molecular weight excluding hydrogens is 192 g/mol. The van der Waals surface area contributed by atoms with E-state index in [2.05, 4.69) is 18.6 Å². The van der Waals surface area contributed by atoms with E-state index >= 15 is 0 Å². The van der Waals surface area contributed by atoms with Gasteiger partial charge in [-0.15, -0.1) is 0 Å². The lowest BCUT2D eigenvalue weighted by atomic mass is 9.69. The Morgan fingerprint density at radius 3 is 2.73 bits per heavy atom. The zero-order valence-electron chi connectivity index (χ0n) is 9.79. The fourth-order valence-corrected chi connectivity index (χ4v) is 2.02. The highest BCUT2D eigenvalue weighted by Gasteiger charge is 2.35. The quantitative estimate of drug-likeness (QED) is 0.656. The molecule has 1 aliphatic carbocycles. The molecule has 0 bridgehead atoms. The number of methoxy groups -OCH3 is 1. The molecule has 3 heteroatoms. The summed E-state index contributed by atoms with van der Waals surface area (Å²) in [7, 11) is 1.38. The Morgan fingerprint density at radius 2 is 2.20 bits per heavy atom. The van der Waals surface area contributed by atoms with E-state index in [1.54, 1.807) is 0 Å². The number of hydrogen-bond acceptors (Lipinski definition) is 3. The highest BCUT2D eigenvalue weighted by Crippen LogP contribution is 2.39. The fourth-order valence-electron chi connectivity index (χ4n) is 2.02. The number of rotatable bonds is 2. The van der Waals surface area contributed by atoms with E-state index in [4.69, 9.17) is 0 Å². The van der Waals surface area contributed by atoms with Crippen LogP contribution in [-0.4, -0.2) is 18.9 Å². The van der Waals surface area contributed by atoms with Crippen molar-refractivity contribution in [2.24, 2.45) is 11.3 Å². The first-order valence-electron chi connectivity index (χ1n) is 5.16. The second kappa shape index (κ2) is 4.17. The number of carbonyl (C=O) groups is 2. The third kappa shape index (κ3) is 2.67. The Kier molecular flexibility index (Phi) is 3.32. The van der Waals surface area contributed by atoms with Crippen molar-refractivity contribution in [3.05, 3.63) is 11.6 Å². The minimum atomic E-state index is -0.242. The van der Waals surface area contributed by atoms with Gasteiger partial charge in [0.15, 0.2) is 5.78 Å². The van der Waals surface area contributed by atoms with Gasteiger partial charge in [0, 0.05) is 12.8 Å². The number of hydrogen-bond donors (Lipinski definition) is 0. The molecule has 0 amide bonds. The van der Waals surface area contributed by atoms with Crippen molar-refractivity contribution in [2.45, 2.75) is 33.6 Å². The summed E-state index contributed by atoms with van der Waals surface area (Å²) in [4.78, 5) is 22.7. The molecule has 15 heavy (non-hydrogen) atoms. The maximum Gasteiger partial charge on any atom is 0.305 e. The molecule has 1 aliphatic rings. The van der Waals surface area contributed by atoms with Crippen LogP contribution in [0.5, 0.6) is 0 Å². The zero-order chi connectivity index (χ0) is 11.6. The summed E-state index contributed by atoms with van der Waals surface area (Å²) in [6, 6.07) is 0. The first-order chi connectivity index (χ1) is 6.86. The normalized spacial score (nSPS) is 24.7. The Bertz CT molecular complexity index is 313. The molecule has 0 unspecified atom stereocenters. The maximum atomic E-state index is 11.5. The van der Waals surface area contributed by atoms with E-state index in [0.717, 1.165) is 5.57 Å². The second-order valence-electron chi connectivity index (χ2n) is 4.75. The molecule has 0 saturated carbocycles. The van der Waals surface area contributed by atoms with E-state index in [1.165, 1.54) is 7.11 Å². The number of carbonyl (C=O) groups excluding carboxylic acids is 2. The molecule has 0 aliphatic heterocycles. The summed E-state index contributed by atoms with van der Waals surface area (Å²) in [6.45, 7) is 5.94. The standard InChI is InChI=1S/C12H18O3/c1-8-7-12(2,3)9(5-10(8)13)6-11(14)15-4/h7,9H,5-6H2,1-4H3/t9-/m0/s1. The Morgan fingerprint density at radius 1 is 1.60 bits per heavy atom. The van der Waals surface area contributed by atoms with Crippen LogP contribution in [0.15, 0.2) is 11.6 Å². The summed E-state index contributed by atoms with van der Waals surface area (Å²) in [5.41, 5.74) is 0.702.